The van der Waals surface area contributed by atoms with E-state index in [1.54, 1.807) is 6.26 Å². The van der Waals surface area contributed by atoms with E-state index in [4.69, 9.17) is 11.5 Å². The van der Waals surface area contributed by atoms with E-state index in [1.165, 1.54) is 35.3 Å². The van der Waals surface area contributed by atoms with Gasteiger partial charge in [-0.2, -0.15) is 11.8 Å². The highest BCUT2D eigenvalue weighted by atomic mass is 32.2. The third-order valence-electron chi connectivity index (χ3n) is 6.92. The quantitative estimate of drug-likeness (QED) is 0.136. The molecule has 2 fully saturated rings. The van der Waals surface area contributed by atoms with Crippen molar-refractivity contribution in [2.45, 2.75) is 61.4 Å². The van der Waals surface area contributed by atoms with Gasteiger partial charge in [-0.1, -0.05) is 6.92 Å². The number of amides is 5. The smallest absolute Gasteiger partial charge is 0.353 e. The van der Waals surface area contributed by atoms with Crippen LogP contribution in [0, 0.1) is 11.8 Å². The van der Waals surface area contributed by atoms with Crippen LogP contribution in [-0.2, 0) is 19.2 Å². The Morgan fingerprint density at radius 1 is 1.27 bits per heavy atom. The third kappa shape index (κ3) is 6.16. The Morgan fingerprint density at radius 2 is 1.95 bits per heavy atom. The third-order valence-corrected chi connectivity index (χ3v) is 9.49. The minimum atomic E-state index is -1.18. The molecule has 0 aliphatic carbocycles. The van der Waals surface area contributed by atoms with Crippen molar-refractivity contribution in [2.24, 2.45) is 23.3 Å². The van der Waals surface area contributed by atoms with Crippen LogP contribution in [-0.4, -0.2) is 98.9 Å². The van der Waals surface area contributed by atoms with E-state index in [9.17, 15) is 34.2 Å². The maximum Gasteiger partial charge on any atom is 0.353 e. The molecule has 3 aliphatic rings. The van der Waals surface area contributed by atoms with Gasteiger partial charge in [-0.3, -0.25) is 14.4 Å². The normalized spacial score (nSPS) is 29.2. The molecule has 15 heteroatoms. The number of carboxylic acid groups (broad SMARTS) is 1. The summed E-state index contributed by atoms with van der Waals surface area (Å²) in [6.45, 7) is 3.88. The number of carbonyl (C=O) groups is 5. The molecule has 3 aliphatic heterocycles. The van der Waals surface area contributed by atoms with Crippen LogP contribution in [0.15, 0.2) is 10.6 Å². The lowest BCUT2D eigenvalue weighted by atomic mass is 9.79. The summed E-state index contributed by atoms with van der Waals surface area (Å²) in [7, 11) is 0. The standard InChI is InChI=1S/C22H34N6O7S2/c1-8-15-14(9(2)29)20(32)28(15)16(21(33)34)17(8)37-11-5-12(25-7-11)18(36-3)19(31)27-10(4-13(23)30)6-26-22(24)35/h8-12,14-15,18,25,29H,4-7H2,1-3H3,(H2,23,30)(H,27,31)(H,33,34)(H3,24,26,35)/t8-,9-,10?,11+,12+,14-,15-,18?/m1/s1. The number of rotatable bonds is 12. The number of hydrogen-bond donors (Lipinski definition) is 7. The second kappa shape index (κ2) is 11.9. The number of hydrogen-bond acceptors (Lipinski definition) is 9. The maximum absolute atomic E-state index is 13.0. The van der Waals surface area contributed by atoms with Crippen molar-refractivity contribution in [3.8, 4) is 0 Å². The number of carbonyl (C=O) groups excluding carboxylic acids is 4. The number of thioether (sulfide) groups is 2. The average molecular weight is 559 g/mol. The summed E-state index contributed by atoms with van der Waals surface area (Å²) in [5.74, 6) is -3.39. The summed E-state index contributed by atoms with van der Waals surface area (Å²) < 4.78 is 0. The second-order valence-electron chi connectivity index (χ2n) is 9.54. The van der Waals surface area contributed by atoms with E-state index < -0.39 is 41.2 Å². The van der Waals surface area contributed by atoms with Gasteiger partial charge in [-0.05, 0) is 19.6 Å². The Hall–Kier alpha value is -2.49. The monoisotopic (exact) mass is 558 g/mol. The largest absolute Gasteiger partial charge is 0.477 e. The van der Waals surface area contributed by atoms with Gasteiger partial charge in [0.25, 0.3) is 0 Å². The first-order chi connectivity index (χ1) is 17.4. The highest BCUT2D eigenvalue weighted by Gasteiger charge is 2.60. The molecule has 0 bridgehead atoms. The van der Waals surface area contributed by atoms with E-state index in [2.05, 4.69) is 16.0 Å². The molecule has 3 rings (SSSR count). The second-order valence-corrected chi connectivity index (χ2v) is 11.9. The van der Waals surface area contributed by atoms with E-state index >= 15 is 0 Å². The van der Waals surface area contributed by atoms with Gasteiger partial charge in [0.1, 0.15) is 5.70 Å². The van der Waals surface area contributed by atoms with Gasteiger partial charge < -0.3 is 42.5 Å². The van der Waals surface area contributed by atoms with Gasteiger partial charge in [0.15, 0.2) is 0 Å². The van der Waals surface area contributed by atoms with Crippen molar-refractivity contribution in [2.75, 3.05) is 19.3 Å². The molecular weight excluding hydrogens is 524 g/mol. The zero-order chi connectivity index (χ0) is 27.6. The molecule has 0 radical (unpaired) electrons. The molecule has 206 valence electrons. The highest BCUT2D eigenvalue weighted by molar-refractivity contribution is 8.03. The fourth-order valence-electron chi connectivity index (χ4n) is 5.29. The van der Waals surface area contributed by atoms with Crippen LogP contribution in [0.3, 0.4) is 0 Å². The lowest BCUT2D eigenvalue weighted by Crippen LogP contribution is -2.63. The molecule has 8 atom stereocenters. The number of nitrogens with zero attached hydrogens (tertiary/aromatic N) is 1. The maximum atomic E-state index is 13.0. The van der Waals surface area contributed by atoms with Crippen molar-refractivity contribution in [3.05, 3.63) is 10.6 Å². The van der Waals surface area contributed by atoms with Gasteiger partial charge in [0, 0.05) is 41.6 Å². The van der Waals surface area contributed by atoms with Crippen LogP contribution in [0.1, 0.15) is 26.7 Å². The Labute approximate surface area is 222 Å². The van der Waals surface area contributed by atoms with Crippen LogP contribution in [0.2, 0.25) is 0 Å². The predicted molar refractivity (Wildman–Crippen MR) is 138 cm³/mol. The van der Waals surface area contributed by atoms with Crippen LogP contribution in [0.4, 0.5) is 4.79 Å². The van der Waals surface area contributed by atoms with Crippen molar-refractivity contribution >= 4 is 53.2 Å². The average Bonchev–Trinajstić information content (AvgIpc) is 3.33. The number of fused-ring (bicyclic) bond motifs is 1. The van der Waals surface area contributed by atoms with Crippen molar-refractivity contribution in [1.82, 2.24) is 20.9 Å². The van der Waals surface area contributed by atoms with Crippen molar-refractivity contribution in [1.29, 1.82) is 0 Å². The fourth-order valence-corrected chi connectivity index (χ4v) is 7.60. The number of aliphatic hydroxyl groups is 1. The number of aliphatic carboxylic acids is 1. The molecule has 0 aromatic rings. The van der Waals surface area contributed by atoms with Crippen molar-refractivity contribution < 1.29 is 34.2 Å². The fraction of sp³-hybridized carbons (Fsp3) is 0.682. The molecule has 5 amide bonds. The van der Waals surface area contributed by atoms with Crippen LogP contribution in [0.5, 0.6) is 0 Å². The Kier molecular flexibility index (Phi) is 9.37. The van der Waals surface area contributed by atoms with Gasteiger partial charge in [-0.25, -0.2) is 9.59 Å². The van der Waals surface area contributed by atoms with E-state index in [1.807, 2.05) is 6.92 Å². The van der Waals surface area contributed by atoms with Crippen LogP contribution >= 0.6 is 23.5 Å². The molecular formula is C22H34N6O7S2. The number of nitrogens with one attached hydrogen (secondary N) is 3. The van der Waals surface area contributed by atoms with Crippen LogP contribution < -0.4 is 27.4 Å². The SMILES string of the molecule is CSC(C(=O)NC(CNC(N)=O)CC(N)=O)[C@@H]1C[C@H](SC2=C(C(=O)O)N3C(=O)[C@H]([C@@H](C)O)[C@H]3[C@H]2C)CN1. The van der Waals surface area contributed by atoms with E-state index in [0.29, 0.717) is 17.9 Å². The first kappa shape index (κ1) is 29.1. The lowest BCUT2D eigenvalue weighted by Gasteiger charge is -2.46. The molecule has 2 unspecified atom stereocenters. The number of primary amides is 2. The number of nitrogens with two attached hydrogens (primary N) is 2. The van der Waals surface area contributed by atoms with Crippen molar-refractivity contribution in [3.63, 3.8) is 0 Å². The number of aliphatic hydroxyl groups excluding tert-OH is 1. The summed E-state index contributed by atoms with van der Waals surface area (Å²) in [4.78, 5) is 62.0. The summed E-state index contributed by atoms with van der Waals surface area (Å²) in [5, 5.41) is 27.8. The first-order valence-electron chi connectivity index (χ1n) is 11.9. The molecule has 2 saturated heterocycles. The minimum Gasteiger partial charge on any atom is -0.477 e. The summed E-state index contributed by atoms with van der Waals surface area (Å²) in [5.41, 5.74) is 10.3. The van der Waals surface area contributed by atoms with Gasteiger partial charge >= 0.3 is 12.0 Å². The molecule has 0 aromatic heterocycles. The Bertz CT molecular complexity index is 993. The lowest BCUT2D eigenvalue weighted by molar-refractivity contribution is -0.163. The Morgan fingerprint density at radius 3 is 2.49 bits per heavy atom. The molecule has 37 heavy (non-hydrogen) atoms. The number of β-lactam (4-membered cyclic amide) rings is 1. The minimum absolute atomic E-state index is 0.0248. The summed E-state index contributed by atoms with van der Waals surface area (Å²) in [6.07, 6.45) is 1.31. The summed E-state index contributed by atoms with van der Waals surface area (Å²) >= 11 is 2.72. The van der Waals surface area contributed by atoms with Gasteiger partial charge in [-0.15, -0.1) is 11.8 Å². The molecule has 13 nitrogen and oxygen atoms in total. The zero-order valence-corrected chi connectivity index (χ0v) is 22.4. The van der Waals surface area contributed by atoms with Gasteiger partial charge in [0.05, 0.1) is 29.4 Å². The molecule has 0 spiro atoms. The van der Waals surface area contributed by atoms with Gasteiger partial charge in [0.2, 0.25) is 17.7 Å². The molecule has 0 saturated carbocycles. The van der Waals surface area contributed by atoms with E-state index in [0.717, 1.165) is 0 Å². The number of carboxylic acids is 1. The summed E-state index contributed by atoms with van der Waals surface area (Å²) in [6, 6.07) is -2.12. The van der Waals surface area contributed by atoms with Crippen LogP contribution in [0.25, 0.3) is 0 Å². The highest BCUT2D eigenvalue weighted by Crippen LogP contribution is 2.52. The van der Waals surface area contributed by atoms with E-state index in [-0.39, 0.29) is 53.7 Å². The molecule has 3 heterocycles. The number of urea groups is 1. The topological polar surface area (TPSA) is 217 Å². The molecule has 0 aromatic carbocycles. The predicted octanol–water partition coefficient (Wildman–Crippen LogP) is -1.64. The first-order valence-corrected chi connectivity index (χ1v) is 14.1. The molecule has 9 N–H and O–H groups in total. The Balaban J connectivity index is 1.67. The zero-order valence-electron chi connectivity index (χ0n) is 20.8.